The highest BCUT2D eigenvalue weighted by Gasteiger charge is 2.52. The zero-order valence-electron chi connectivity index (χ0n) is 16.2. The quantitative estimate of drug-likeness (QED) is 0.658. The largest absolute Gasteiger partial charge is 0.313 e. The lowest BCUT2D eigenvalue weighted by Crippen LogP contribution is -2.55. The Morgan fingerprint density at radius 2 is 1.33 bits per heavy atom. The van der Waals surface area contributed by atoms with Crippen molar-refractivity contribution in [1.29, 1.82) is 0 Å². The lowest BCUT2D eigenvalue weighted by atomic mass is 9.48. The fourth-order valence-electron chi connectivity index (χ4n) is 7.31. The lowest BCUT2D eigenvalue weighted by Gasteiger charge is -2.59. The Kier molecular flexibility index (Phi) is 5.25. The zero-order chi connectivity index (χ0) is 16.6. The van der Waals surface area contributed by atoms with Gasteiger partial charge in [0.1, 0.15) is 0 Å². The first kappa shape index (κ1) is 17.3. The molecule has 0 radical (unpaired) electrons. The third kappa shape index (κ3) is 3.56. The first-order chi connectivity index (χ1) is 11.6. The van der Waals surface area contributed by atoms with E-state index in [0.29, 0.717) is 11.5 Å². The molecule has 5 rings (SSSR count). The van der Waals surface area contributed by atoms with Crippen LogP contribution in [0.5, 0.6) is 0 Å². The molecule has 0 aromatic carbocycles. The molecular weight excluding hydrogens is 292 g/mol. The van der Waals surface area contributed by atoms with E-state index in [-0.39, 0.29) is 0 Å². The van der Waals surface area contributed by atoms with E-state index in [1.165, 1.54) is 51.4 Å². The molecule has 0 heterocycles. The molecule has 2 N–H and O–H groups in total. The van der Waals surface area contributed by atoms with Gasteiger partial charge in [0.05, 0.1) is 0 Å². The third-order valence-corrected chi connectivity index (χ3v) is 8.40. The van der Waals surface area contributed by atoms with Crippen LogP contribution in [-0.2, 0) is 0 Å². The maximum Gasteiger partial charge on any atom is 0.00960 e. The van der Waals surface area contributed by atoms with E-state index in [9.17, 15) is 0 Å². The summed E-state index contributed by atoms with van der Waals surface area (Å²) in [7, 11) is 0. The predicted octanol–water partition coefficient (Wildman–Crippen LogP) is 4.74. The Hall–Kier alpha value is -0.0800. The van der Waals surface area contributed by atoms with Gasteiger partial charge in [0.2, 0.25) is 0 Å². The normalized spacial score (nSPS) is 41.5. The Labute approximate surface area is 149 Å². The standard InChI is InChI=1S/C22H40N2/c1-16(21-6-4-3-5-7-21)23-8-9-24-17(2)22-13-18-10-19(14-22)12-20(11-18)15-22/h16-21,23-24H,3-15H2,1-2H3/t16-,17?,18?,19?,20?,22?/m0/s1. The summed E-state index contributed by atoms with van der Waals surface area (Å²) in [6.07, 6.45) is 16.5. The van der Waals surface area contributed by atoms with Gasteiger partial charge in [-0.05, 0) is 94.3 Å². The molecule has 5 aliphatic rings. The van der Waals surface area contributed by atoms with Gasteiger partial charge in [-0.3, -0.25) is 0 Å². The van der Waals surface area contributed by atoms with Crippen molar-refractivity contribution in [1.82, 2.24) is 10.6 Å². The summed E-state index contributed by atoms with van der Waals surface area (Å²) < 4.78 is 0. The second-order valence-corrected chi connectivity index (χ2v) is 10.1. The van der Waals surface area contributed by atoms with Gasteiger partial charge in [0.25, 0.3) is 0 Å². The van der Waals surface area contributed by atoms with E-state index < -0.39 is 0 Å². The van der Waals surface area contributed by atoms with Crippen LogP contribution >= 0.6 is 0 Å². The van der Waals surface area contributed by atoms with Crippen LogP contribution in [-0.4, -0.2) is 25.2 Å². The molecule has 2 nitrogen and oxygen atoms in total. The van der Waals surface area contributed by atoms with Crippen LogP contribution in [0.3, 0.4) is 0 Å². The molecule has 4 bridgehead atoms. The summed E-state index contributed by atoms with van der Waals surface area (Å²) in [5.41, 5.74) is 0.656. The molecular formula is C22H40N2. The van der Waals surface area contributed by atoms with Gasteiger partial charge in [-0.2, -0.15) is 0 Å². The molecule has 5 aliphatic carbocycles. The molecule has 138 valence electrons. The molecule has 5 saturated carbocycles. The van der Waals surface area contributed by atoms with E-state index in [2.05, 4.69) is 24.5 Å². The van der Waals surface area contributed by atoms with Crippen molar-refractivity contribution in [3.63, 3.8) is 0 Å². The molecule has 0 aromatic heterocycles. The Morgan fingerprint density at radius 3 is 1.92 bits per heavy atom. The molecule has 0 spiro atoms. The third-order valence-electron chi connectivity index (χ3n) is 8.40. The van der Waals surface area contributed by atoms with Crippen molar-refractivity contribution >= 4 is 0 Å². The first-order valence-electron chi connectivity index (χ1n) is 11.1. The molecule has 5 fully saturated rings. The summed E-state index contributed by atoms with van der Waals surface area (Å²) in [5, 5.41) is 7.75. The first-order valence-corrected chi connectivity index (χ1v) is 11.1. The summed E-state index contributed by atoms with van der Waals surface area (Å²) in [5.74, 6) is 4.15. The topological polar surface area (TPSA) is 24.1 Å². The highest BCUT2D eigenvalue weighted by Crippen LogP contribution is 2.61. The smallest absolute Gasteiger partial charge is 0.00960 e. The summed E-state index contributed by atoms with van der Waals surface area (Å²) in [6.45, 7) is 7.21. The maximum absolute atomic E-state index is 3.94. The molecule has 0 saturated heterocycles. The molecule has 2 heteroatoms. The van der Waals surface area contributed by atoms with Crippen LogP contribution in [0.25, 0.3) is 0 Å². The molecule has 24 heavy (non-hydrogen) atoms. The van der Waals surface area contributed by atoms with E-state index in [0.717, 1.165) is 42.8 Å². The van der Waals surface area contributed by atoms with Crippen LogP contribution in [0.15, 0.2) is 0 Å². The van der Waals surface area contributed by atoms with Gasteiger partial charge in [0.15, 0.2) is 0 Å². The predicted molar refractivity (Wildman–Crippen MR) is 102 cm³/mol. The molecule has 0 amide bonds. The summed E-state index contributed by atoms with van der Waals surface area (Å²) in [4.78, 5) is 0. The van der Waals surface area contributed by atoms with Gasteiger partial charge in [0, 0.05) is 25.2 Å². The van der Waals surface area contributed by atoms with Gasteiger partial charge in [-0.25, -0.2) is 0 Å². The van der Waals surface area contributed by atoms with Crippen LogP contribution in [0.4, 0.5) is 0 Å². The molecule has 0 aromatic rings. The second-order valence-electron chi connectivity index (χ2n) is 10.1. The van der Waals surface area contributed by atoms with Gasteiger partial charge in [-0.15, -0.1) is 0 Å². The maximum atomic E-state index is 3.94. The Morgan fingerprint density at radius 1 is 0.792 bits per heavy atom. The van der Waals surface area contributed by atoms with Crippen molar-refractivity contribution in [2.45, 2.75) is 96.6 Å². The Balaban J connectivity index is 1.20. The number of nitrogens with one attached hydrogen (secondary N) is 2. The highest BCUT2D eigenvalue weighted by molar-refractivity contribution is 5.05. The fraction of sp³-hybridized carbons (Fsp3) is 1.00. The van der Waals surface area contributed by atoms with Crippen LogP contribution in [0.1, 0.15) is 84.5 Å². The van der Waals surface area contributed by atoms with E-state index in [1.54, 1.807) is 19.3 Å². The highest BCUT2D eigenvalue weighted by atomic mass is 15.0. The van der Waals surface area contributed by atoms with E-state index >= 15 is 0 Å². The molecule has 1 unspecified atom stereocenters. The minimum absolute atomic E-state index is 0.656. The van der Waals surface area contributed by atoms with Crippen molar-refractivity contribution < 1.29 is 0 Å². The Bertz CT molecular complexity index is 377. The van der Waals surface area contributed by atoms with Crippen LogP contribution < -0.4 is 10.6 Å². The number of hydrogen-bond acceptors (Lipinski definition) is 2. The van der Waals surface area contributed by atoms with Crippen molar-refractivity contribution in [2.75, 3.05) is 13.1 Å². The molecule has 0 aliphatic heterocycles. The number of rotatable bonds is 7. The van der Waals surface area contributed by atoms with Gasteiger partial charge in [-0.1, -0.05) is 19.3 Å². The van der Waals surface area contributed by atoms with E-state index in [4.69, 9.17) is 0 Å². The minimum atomic E-state index is 0.656. The van der Waals surface area contributed by atoms with Gasteiger partial charge < -0.3 is 10.6 Å². The number of hydrogen-bond donors (Lipinski definition) is 2. The average Bonchev–Trinajstić information content (AvgIpc) is 2.58. The average molecular weight is 333 g/mol. The SMILES string of the molecule is CC(NCCN[C@@H](C)C1CCCCC1)C12CC3CC(CC(C3)C1)C2. The summed E-state index contributed by atoms with van der Waals surface area (Å²) in [6, 6.07) is 1.43. The van der Waals surface area contributed by atoms with Crippen molar-refractivity contribution in [2.24, 2.45) is 29.1 Å². The van der Waals surface area contributed by atoms with Crippen LogP contribution in [0.2, 0.25) is 0 Å². The molecule has 2 atom stereocenters. The van der Waals surface area contributed by atoms with Crippen molar-refractivity contribution in [3.8, 4) is 0 Å². The van der Waals surface area contributed by atoms with Crippen LogP contribution in [0, 0.1) is 29.1 Å². The summed E-state index contributed by atoms with van der Waals surface area (Å²) >= 11 is 0. The van der Waals surface area contributed by atoms with Crippen molar-refractivity contribution in [3.05, 3.63) is 0 Å². The van der Waals surface area contributed by atoms with E-state index in [1.807, 2.05) is 0 Å². The lowest BCUT2D eigenvalue weighted by molar-refractivity contribution is -0.0702. The van der Waals surface area contributed by atoms with Gasteiger partial charge >= 0.3 is 0 Å². The second kappa shape index (κ2) is 7.27. The monoisotopic (exact) mass is 332 g/mol. The minimum Gasteiger partial charge on any atom is -0.313 e. The zero-order valence-corrected chi connectivity index (χ0v) is 16.2. The fourth-order valence-corrected chi connectivity index (χ4v) is 7.31.